The van der Waals surface area contributed by atoms with Crippen LogP contribution in [0.2, 0.25) is 0 Å². The molecule has 0 saturated heterocycles. The zero-order valence-corrected chi connectivity index (χ0v) is 18.3. The molecule has 0 fully saturated rings. The number of aromatic amines is 1. The maximum atomic E-state index is 12.7. The zero-order valence-electron chi connectivity index (χ0n) is 17.4. The average molecular weight is 466 g/mol. The number of benzene rings is 1. The number of nitrogens with two attached hydrogens (primary N) is 1. The highest BCUT2D eigenvalue weighted by Gasteiger charge is 2.31. The molecule has 0 bridgehead atoms. The molecule has 0 radical (unpaired) electrons. The smallest absolute Gasteiger partial charge is 0.326 e. The van der Waals surface area contributed by atoms with Crippen LogP contribution in [0.4, 0.5) is 0 Å². The summed E-state index contributed by atoms with van der Waals surface area (Å²) in [5.74, 6) is -3.66. The highest BCUT2D eigenvalue weighted by atomic mass is 32.1. The minimum atomic E-state index is -1.34. The van der Waals surface area contributed by atoms with E-state index in [1.807, 2.05) is 24.3 Å². The summed E-state index contributed by atoms with van der Waals surface area (Å²) in [4.78, 5) is 51.4. The van der Waals surface area contributed by atoms with E-state index < -0.39 is 47.9 Å². The second-order valence-electron chi connectivity index (χ2n) is 7.20. The number of amides is 3. The molecule has 1 aromatic carbocycles. The molecule has 2 aromatic rings. The number of hydrogen-bond acceptors (Lipinski definition) is 7. The van der Waals surface area contributed by atoms with Crippen molar-refractivity contribution in [2.45, 2.75) is 37.6 Å². The van der Waals surface area contributed by atoms with Gasteiger partial charge in [0.15, 0.2) is 0 Å². The molecule has 0 aliphatic rings. The predicted molar refractivity (Wildman–Crippen MR) is 120 cm³/mol. The van der Waals surface area contributed by atoms with Crippen molar-refractivity contribution in [3.8, 4) is 0 Å². The quantitative estimate of drug-likeness (QED) is 0.186. The van der Waals surface area contributed by atoms with Crippen molar-refractivity contribution >= 4 is 47.2 Å². The summed E-state index contributed by atoms with van der Waals surface area (Å²) in [6.45, 7) is 0.902. The van der Waals surface area contributed by atoms with E-state index in [-0.39, 0.29) is 18.7 Å². The first-order valence-electron chi connectivity index (χ1n) is 9.84. The van der Waals surface area contributed by atoms with E-state index in [0.29, 0.717) is 5.56 Å². The van der Waals surface area contributed by atoms with Crippen molar-refractivity contribution in [1.82, 2.24) is 20.9 Å². The second kappa shape index (κ2) is 11.5. The van der Waals surface area contributed by atoms with Gasteiger partial charge in [0.2, 0.25) is 17.7 Å². The molecule has 1 aromatic heterocycles. The number of para-hydroxylation sites is 1. The van der Waals surface area contributed by atoms with Gasteiger partial charge in [0, 0.05) is 29.3 Å². The van der Waals surface area contributed by atoms with Crippen LogP contribution in [-0.2, 0) is 25.6 Å². The summed E-state index contributed by atoms with van der Waals surface area (Å²) in [6, 6.07) is 3.55. The van der Waals surface area contributed by atoms with Crippen molar-refractivity contribution in [2.24, 2.45) is 5.73 Å². The molecular formula is C20H27N5O6S. The Morgan fingerprint density at radius 1 is 1.09 bits per heavy atom. The second-order valence-corrected chi connectivity index (χ2v) is 7.56. The van der Waals surface area contributed by atoms with Gasteiger partial charge in [0.25, 0.3) is 0 Å². The molecule has 0 aliphatic carbocycles. The van der Waals surface area contributed by atoms with Crippen LogP contribution in [0.15, 0.2) is 30.5 Å². The summed E-state index contributed by atoms with van der Waals surface area (Å²) < 4.78 is 0. The Kier molecular flexibility index (Phi) is 9.05. The van der Waals surface area contributed by atoms with Crippen LogP contribution in [-0.4, -0.2) is 75.4 Å². The van der Waals surface area contributed by atoms with Gasteiger partial charge < -0.3 is 36.9 Å². The topological polar surface area (TPSA) is 187 Å². The molecule has 2 rings (SSSR count). The van der Waals surface area contributed by atoms with Gasteiger partial charge in [-0.3, -0.25) is 14.4 Å². The summed E-state index contributed by atoms with van der Waals surface area (Å²) in [7, 11) is 0. The van der Waals surface area contributed by atoms with Crippen LogP contribution in [0.3, 0.4) is 0 Å². The number of aliphatic carboxylic acids is 1. The molecule has 3 amide bonds. The third kappa shape index (κ3) is 6.45. The third-order valence-corrected chi connectivity index (χ3v) is 5.16. The average Bonchev–Trinajstić information content (AvgIpc) is 3.17. The van der Waals surface area contributed by atoms with Crippen LogP contribution >= 0.6 is 12.6 Å². The number of carbonyl (C=O) groups excluding carboxylic acids is 3. The monoisotopic (exact) mass is 465 g/mol. The number of hydrogen-bond donors (Lipinski definition) is 8. The van der Waals surface area contributed by atoms with Crippen molar-refractivity contribution in [3.63, 3.8) is 0 Å². The Morgan fingerprint density at radius 3 is 2.34 bits per heavy atom. The first kappa shape index (κ1) is 25.2. The maximum Gasteiger partial charge on any atom is 0.326 e. The lowest BCUT2D eigenvalue weighted by Gasteiger charge is -2.24. The molecule has 0 spiro atoms. The van der Waals surface area contributed by atoms with Gasteiger partial charge in [-0.1, -0.05) is 18.2 Å². The van der Waals surface area contributed by atoms with Crippen molar-refractivity contribution in [1.29, 1.82) is 0 Å². The first-order valence-corrected chi connectivity index (χ1v) is 10.5. The predicted octanol–water partition coefficient (Wildman–Crippen LogP) is -1.48. The number of rotatable bonds is 11. The molecule has 11 nitrogen and oxygen atoms in total. The lowest BCUT2D eigenvalue weighted by molar-refractivity contribution is -0.142. The molecule has 174 valence electrons. The molecule has 4 unspecified atom stereocenters. The van der Waals surface area contributed by atoms with Gasteiger partial charge in [0.05, 0.1) is 12.6 Å². The number of carboxylic acids is 1. The fourth-order valence-electron chi connectivity index (χ4n) is 3.09. The number of nitrogens with one attached hydrogen (secondary N) is 4. The summed E-state index contributed by atoms with van der Waals surface area (Å²) >= 11 is 4.05. The first-order chi connectivity index (χ1) is 15.2. The number of aliphatic hydroxyl groups is 1. The van der Waals surface area contributed by atoms with E-state index in [1.165, 1.54) is 6.92 Å². The van der Waals surface area contributed by atoms with Crippen LogP contribution in [0.5, 0.6) is 0 Å². The van der Waals surface area contributed by atoms with Crippen LogP contribution < -0.4 is 21.7 Å². The van der Waals surface area contributed by atoms with Gasteiger partial charge in [-0.2, -0.15) is 12.6 Å². The maximum absolute atomic E-state index is 12.7. The van der Waals surface area contributed by atoms with Crippen molar-refractivity contribution in [2.75, 3.05) is 12.3 Å². The number of thiol groups is 1. The fraction of sp³-hybridized carbons (Fsp3) is 0.400. The van der Waals surface area contributed by atoms with E-state index >= 15 is 0 Å². The van der Waals surface area contributed by atoms with E-state index in [9.17, 15) is 29.4 Å². The Labute approximate surface area is 189 Å². The highest BCUT2D eigenvalue weighted by molar-refractivity contribution is 7.80. The lowest BCUT2D eigenvalue weighted by atomic mass is 10.0. The number of H-pyrrole nitrogens is 1. The van der Waals surface area contributed by atoms with Gasteiger partial charge >= 0.3 is 5.97 Å². The summed E-state index contributed by atoms with van der Waals surface area (Å²) in [5.41, 5.74) is 6.75. The Hall–Kier alpha value is -3.09. The van der Waals surface area contributed by atoms with E-state index in [2.05, 4.69) is 33.6 Å². The Morgan fingerprint density at radius 2 is 1.75 bits per heavy atom. The SMILES string of the molecule is CC(O)C(NC(=O)CN)C(=O)NC(CS)C(=O)NC(Cc1c[nH]c2ccccc12)C(=O)O. The third-order valence-electron chi connectivity index (χ3n) is 4.80. The van der Waals surface area contributed by atoms with E-state index in [1.54, 1.807) is 6.20 Å². The van der Waals surface area contributed by atoms with Gasteiger partial charge in [-0.05, 0) is 18.6 Å². The summed E-state index contributed by atoms with van der Waals surface area (Å²) in [5, 5.41) is 27.2. The molecule has 12 heteroatoms. The number of fused-ring (bicyclic) bond motifs is 1. The van der Waals surface area contributed by atoms with Crippen molar-refractivity contribution < 1.29 is 29.4 Å². The zero-order chi connectivity index (χ0) is 23.8. The normalized spacial score (nSPS) is 14.8. The van der Waals surface area contributed by atoms with Gasteiger partial charge in [-0.15, -0.1) is 0 Å². The molecular weight excluding hydrogens is 438 g/mol. The van der Waals surface area contributed by atoms with Gasteiger partial charge in [0.1, 0.15) is 18.1 Å². The molecule has 0 saturated carbocycles. The molecule has 32 heavy (non-hydrogen) atoms. The summed E-state index contributed by atoms with van der Waals surface area (Å²) in [6.07, 6.45) is 0.432. The molecule has 0 aliphatic heterocycles. The van der Waals surface area contributed by atoms with Crippen LogP contribution in [0.25, 0.3) is 10.9 Å². The Bertz CT molecular complexity index is 978. The largest absolute Gasteiger partial charge is 0.480 e. The highest BCUT2D eigenvalue weighted by Crippen LogP contribution is 2.19. The number of carbonyl (C=O) groups is 4. The number of aliphatic hydroxyl groups excluding tert-OH is 1. The number of aromatic nitrogens is 1. The van der Waals surface area contributed by atoms with E-state index in [0.717, 1.165) is 10.9 Å². The van der Waals surface area contributed by atoms with Gasteiger partial charge in [-0.25, -0.2) is 4.79 Å². The molecule has 8 N–H and O–H groups in total. The minimum absolute atomic E-state index is 0.0151. The standard InChI is InChI=1S/C20H27N5O6S/c1-10(26)17(25-16(27)7-21)19(29)24-15(9-32)18(28)23-14(20(30)31)6-11-8-22-13-5-3-2-4-12(11)13/h2-5,8,10,14-15,17,22,26,32H,6-7,9,21H2,1H3,(H,23,28)(H,24,29)(H,25,27)(H,30,31). The lowest BCUT2D eigenvalue weighted by Crippen LogP contribution is -2.59. The van der Waals surface area contributed by atoms with Crippen molar-refractivity contribution in [3.05, 3.63) is 36.0 Å². The van der Waals surface area contributed by atoms with Crippen LogP contribution in [0.1, 0.15) is 12.5 Å². The van der Waals surface area contributed by atoms with Crippen LogP contribution in [0, 0.1) is 0 Å². The number of carboxylic acid groups (broad SMARTS) is 1. The molecule has 1 heterocycles. The fourth-order valence-corrected chi connectivity index (χ4v) is 3.34. The molecule has 4 atom stereocenters. The Balaban J connectivity index is 2.09. The van der Waals surface area contributed by atoms with E-state index in [4.69, 9.17) is 5.73 Å². The minimum Gasteiger partial charge on any atom is -0.480 e.